The molecule has 1 aromatic heterocycles. The third kappa shape index (κ3) is 6.56. The molecule has 1 aliphatic heterocycles. The van der Waals surface area contributed by atoms with E-state index in [0.29, 0.717) is 31.1 Å². The van der Waals surface area contributed by atoms with Crippen LogP contribution in [0.1, 0.15) is 42.1 Å². The molecule has 160 valence electrons. The molecule has 0 N–H and O–H groups in total. The van der Waals surface area contributed by atoms with E-state index in [1.165, 1.54) is 0 Å². The second kappa shape index (κ2) is 11.3. The number of nitrogens with zero attached hydrogens (tertiary/aromatic N) is 2. The van der Waals surface area contributed by atoms with Gasteiger partial charge in [0.1, 0.15) is 12.4 Å². The maximum atomic E-state index is 13.1. The summed E-state index contributed by atoms with van der Waals surface area (Å²) in [5, 5.41) is 0. The molecule has 0 bridgehead atoms. The van der Waals surface area contributed by atoms with Crippen molar-refractivity contribution >= 4 is 11.9 Å². The lowest BCUT2D eigenvalue weighted by molar-refractivity contribution is -0.143. The van der Waals surface area contributed by atoms with Gasteiger partial charge in [0.2, 0.25) is 0 Å². The predicted octanol–water partition coefficient (Wildman–Crippen LogP) is 3.24. The molecule has 3 rings (SSSR count). The van der Waals surface area contributed by atoms with Gasteiger partial charge in [0.05, 0.1) is 19.1 Å². The summed E-state index contributed by atoms with van der Waals surface area (Å²) in [6.07, 6.45) is 5.77. The van der Waals surface area contributed by atoms with Gasteiger partial charge in [0.25, 0.3) is 5.91 Å². The summed E-state index contributed by atoms with van der Waals surface area (Å²) in [5.41, 5.74) is 1.43. The van der Waals surface area contributed by atoms with Gasteiger partial charge < -0.3 is 19.1 Å². The third-order valence-corrected chi connectivity index (χ3v) is 4.84. The topological polar surface area (TPSA) is 78.0 Å². The van der Waals surface area contributed by atoms with Gasteiger partial charge in [0.15, 0.2) is 0 Å². The van der Waals surface area contributed by atoms with Gasteiger partial charge in [0, 0.05) is 37.7 Å². The number of aromatic nitrogens is 1. The first-order chi connectivity index (χ1) is 14.7. The largest absolute Gasteiger partial charge is 0.491 e. The van der Waals surface area contributed by atoms with E-state index in [2.05, 4.69) is 4.98 Å². The summed E-state index contributed by atoms with van der Waals surface area (Å²) in [4.78, 5) is 30.6. The molecule has 7 heteroatoms. The Kier molecular flexibility index (Phi) is 8.20. The minimum absolute atomic E-state index is 0.141. The Bertz CT molecular complexity index is 804. The number of carbonyl (C=O) groups is 2. The standard InChI is InChI=1S/C23H28N2O5/c1-2-28-22(26)11-13-25(16-18-5-3-12-24-15-18)23(27)19-7-9-20(10-8-19)30-17-21-6-4-14-29-21/h3,5,7-10,12,15,21H,2,4,6,11,13-14,16-17H2,1H3. The highest BCUT2D eigenvalue weighted by Gasteiger charge is 2.19. The summed E-state index contributed by atoms with van der Waals surface area (Å²) in [7, 11) is 0. The van der Waals surface area contributed by atoms with Crippen molar-refractivity contribution in [1.29, 1.82) is 0 Å². The summed E-state index contributed by atoms with van der Waals surface area (Å²) in [6.45, 7) is 4.02. The summed E-state index contributed by atoms with van der Waals surface area (Å²) in [6, 6.07) is 10.8. The molecule has 0 saturated carbocycles. The summed E-state index contributed by atoms with van der Waals surface area (Å²) < 4.78 is 16.3. The normalized spacial score (nSPS) is 15.6. The Hall–Kier alpha value is -2.93. The molecule has 2 aromatic rings. The Balaban J connectivity index is 1.63. The van der Waals surface area contributed by atoms with E-state index in [0.717, 1.165) is 25.0 Å². The fourth-order valence-electron chi connectivity index (χ4n) is 3.27. The zero-order chi connectivity index (χ0) is 21.2. The van der Waals surface area contributed by atoms with Crippen LogP contribution < -0.4 is 4.74 Å². The lowest BCUT2D eigenvalue weighted by Crippen LogP contribution is -2.33. The second-order valence-electron chi connectivity index (χ2n) is 7.11. The highest BCUT2D eigenvalue weighted by atomic mass is 16.5. The average Bonchev–Trinajstić information content (AvgIpc) is 3.30. The van der Waals surface area contributed by atoms with Gasteiger partial charge in [-0.25, -0.2) is 0 Å². The Morgan fingerprint density at radius 3 is 2.73 bits per heavy atom. The van der Waals surface area contributed by atoms with Crippen molar-refractivity contribution in [1.82, 2.24) is 9.88 Å². The summed E-state index contributed by atoms with van der Waals surface area (Å²) >= 11 is 0. The molecule has 7 nitrogen and oxygen atoms in total. The fourth-order valence-corrected chi connectivity index (χ4v) is 3.27. The first-order valence-electron chi connectivity index (χ1n) is 10.3. The molecule has 0 spiro atoms. The van der Waals surface area contributed by atoms with E-state index in [-0.39, 0.29) is 30.9 Å². The number of ether oxygens (including phenoxy) is 3. The highest BCUT2D eigenvalue weighted by molar-refractivity contribution is 5.94. The molecule has 0 radical (unpaired) electrons. The van der Waals surface area contributed by atoms with E-state index in [1.807, 2.05) is 12.1 Å². The fraction of sp³-hybridized carbons (Fsp3) is 0.435. The lowest BCUT2D eigenvalue weighted by Gasteiger charge is -2.22. The van der Waals surface area contributed by atoms with Gasteiger partial charge in [-0.3, -0.25) is 14.6 Å². The molecule has 0 aliphatic carbocycles. The number of hydrogen-bond donors (Lipinski definition) is 0. The number of amides is 1. The monoisotopic (exact) mass is 412 g/mol. The maximum Gasteiger partial charge on any atom is 0.307 e. The number of rotatable bonds is 10. The van der Waals surface area contributed by atoms with Crippen molar-refractivity contribution in [2.45, 2.75) is 38.8 Å². The molecule has 1 aliphatic rings. The van der Waals surface area contributed by atoms with Crippen LogP contribution in [-0.4, -0.2) is 54.2 Å². The van der Waals surface area contributed by atoms with E-state index >= 15 is 0 Å². The van der Waals surface area contributed by atoms with E-state index in [4.69, 9.17) is 14.2 Å². The molecular formula is C23H28N2O5. The number of esters is 1. The van der Waals surface area contributed by atoms with Crippen molar-refractivity contribution in [2.75, 3.05) is 26.4 Å². The molecule has 30 heavy (non-hydrogen) atoms. The zero-order valence-corrected chi connectivity index (χ0v) is 17.3. The van der Waals surface area contributed by atoms with Crippen LogP contribution in [0.15, 0.2) is 48.8 Å². The van der Waals surface area contributed by atoms with Crippen molar-refractivity contribution in [2.24, 2.45) is 0 Å². The lowest BCUT2D eigenvalue weighted by atomic mass is 10.1. The number of hydrogen-bond acceptors (Lipinski definition) is 6. The maximum absolute atomic E-state index is 13.1. The van der Waals surface area contributed by atoms with E-state index in [9.17, 15) is 9.59 Å². The Morgan fingerprint density at radius 2 is 2.07 bits per heavy atom. The minimum Gasteiger partial charge on any atom is -0.491 e. The van der Waals surface area contributed by atoms with Gasteiger partial charge in [-0.05, 0) is 55.7 Å². The van der Waals surface area contributed by atoms with Gasteiger partial charge in [-0.15, -0.1) is 0 Å². The molecule has 1 atom stereocenters. The number of benzene rings is 1. The third-order valence-electron chi connectivity index (χ3n) is 4.84. The van der Waals surface area contributed by atoms with E-state index < -0.39 is 0 Å². The number of pyridine rings is 1. The van der Waals surface area contributed by atoms with Crippen LogP contribution in [0.25, 0.3) is 0 Å². The predicted molar refractivity (Wildman–Crippen MR) is 111 cm³/mol. The van der Waals surface area contributed by atoms with E-state index in [1.54, 1.807) is 48.5 Å². The second-order valence-corrected chi connectivity index (χ2v) is 7.11. The zero-order valence-electron chi connectivity index (χ0n) is 17.3. The van der Waals surface area contributed by atoms with Crippen LogP contribution >= 0.6 is 0 Å². The molecule has 1 amide bonds. The van der Waals surface area contributed by atoms with Crippen LogP contribution in [0.2, 0.25) is 0 Å². The van der Waals surface area contributed by atoms with Crippen LogP contribution in [0, 0.1) is 0 Å². The van der Waals surface area contributed by atoms with Crippen LogP contribution in [0.4, 0.5) is 0 Å². The quantitative estimate of drug-likeness (QED) is 0.558. The molecule has 1 aromatic carbocycles. The van der Waals surface area contributed by atoms with Crippen LogP contribution in [0.3, 0.4) is 0 Å². The van der Waals surface area contributed by atoms with Gasteiger partial charge in [-0.2, -0.15) is 0 Å². The van der Waals surface area contributed by atoms with Crippen molar-refractivity contribution < 1.29 is 23.8 Å². The van der Waals surface area contributed by atoms with Gasteiger partial charge in [-0.1, -0.05) is 6.07 Å². The Labute approximate surface area is 177 Å². The van der Waals surface area contributed by atoms with Crippen LogP contribution in [-0.2, 0) is 20.8 Å². The summed E-state index contributed by atoms with van der Waals surface area (Å²) in [5.74, 6) is 0.223. The van der Waals surface area contributed by atoms with Crippen molar-refractivity contribution in [3.05, 3.63) is 59.9 Å². The van der Waals surface area contributed by atoms with Crippen LogP contribution in [0.5, 0.6) is 5.75 Å². The first kappa shape index (κ1) is 21.8. The molecular weight excluding hydrogens is 384 g/mol. The van der Waals surface area contributed by atoms with Gasteiger partial charge >= 0.3 is 5.97 Å². The molecule has 1 fully saturated rings. The molecule has 1 saturated heterocycles. The Morgan fingerprint density at radius 1 is 1.23 bits per heavy atom. The highest BCUT2D eigenvalue weighted by Crippen LogP contribution is 2.18. The minimum atomic E-state index is -0.320. The van der Waals surface area contributed by atoms with Crippen molar-refractivity contribution in [3.8, 4) is 5.75 Å². The molecule has 1 unspecified atom stereocenters. The SMILES string of the molecule is CCOC(=O)CCN(Cc1cccnc1)C(=O)c1ccc(OCC2CCCO2)cc1. The smallest absolute Gasteiger partial charge is 0.307 e. The average molecular weight is 412 g/mol. The number of carbonyl (C=O) groups excluding carboxylic acids is 2. The van der Waals surface area contributed by atoms with Crippen molar-refractivity contribution in [3.63, 3.8) is 0 Å². The first-order valence-corrected chi connectivity index (χ1v) is 10.3. The molecule has 2 heterocycles.